The van der Waals surface area contributed by atoms with Gasteiger partial charge in [0.1, 0.15) is 11.6 Å². The van der Waals surface area contributed by atoms with Gasteiger partial charge in [0.25, 0.3) is 0 Å². The molecule has 5 rings (SSSR count). The second-order valence-electron chi connectivity index (χ2n) is 8.59. The number of pyridine rings is 1. The molecule has 0 aliphatic carbocycles. The monoisotopic (exact) mass is 539 g/mol. The maximum absolute atomic E-state index is 13.7. The maximum atomic E-state index is 13.7. The quantitative estimate of drug-likeness (QED) is 0.348. The minimum absolute atomic E-state index is 0.157. The molecule has 1 aliphatic heterocycles. The number of benzene rings is 2. The molecule has 1 aliphatic rings. The second-order valence-corrected chi connectivity index (χ2v) is 9.02. The van der Waals surface area contributed by atoms with Gasteiger partial charge in [-0.05, 0) is 36.4 Å². The molecule has 38 heavy (non-hydrogen) atoms. The molecular weight excluding hydrogens is 519 g/mol. The molecule has 0 saturated carbocycles. The predicted molar refractivity (Wildman–Crippen MR) is 139 cm³/mol. The van der Waals surface area contributed by atoms with Crippen LogP contribution in [0.4, 0.5) is 36.3 Å². The Hall–Kier alpha value is -4.30. The molecule has 194 valence electrons. The first kappa shape index (κ1) is 25.4. The molecule has 0 atom stereocenters. The van der Waals surface area contributed by atoms with E-state index in [1.54, 1.807) is 29.3 Å². The number of nitriles is 1. The first-order chi connectivity index (χ1) is 18.2. The van der Waals surface area contributed by atoms with Crippen molar-refractivity contribution in [3.8, 4) is 11.8 Å². The summed E-state index contributed by atoms with van der Waals surface area (Å²) >= 11 is 6.10. The number of anilines is 4. The van der Waals surface area contributed by atoms with E-state index < -0.39 is 11.9 Å². The molecule has 0 radical (unpaired) electrons. The van der Waals surface area contributed by atoms with E-state index in [2.05, 4.69) is 25.2 Å². The van der Waals surface area contributed by atoms with Gasteiger partial charge in [0.2, 0.25) is 5.95 Å². The smallest absolute Gasteiger partial charge is 0.433 e. The van der Waals surface area contributed by atoms with Crippen LogP contribution in [0.1, 0.15) is 11.3 Å². The number of fused-ring (bicyclic) bond motifs is 1. The van der Waals surface area contributed by atoms with E-state index in [1.807, 2.05) is 18.2 Å². The Bertz CT molecular complexity index is 1530. The predicted octanol–water partition coefficient (Wildman–Crippen LogP) is 5.65. The molecule has 0 unspecified atom stereocenters. The maximum Gasteiger partial charge on any atom is 0.433 e. The SMILES string of the molecule is COc1cc(C#N)cc(Nc2nc(N3CCN(c4ccnc5cc(Cl)ccc45)CC3)cc(C(F)(F)F)n2)c1. The number of halogens is 4. The average Bonchev–Trinajstić information content (AvgIpc) is 2.91. The number of nitrogens with one attached hydrogen (secondary N) is 1. The summed E-state index contributed by atoms with van der Waals surface area (Å²) in [6, 6.07) is 14.9. The van der Waals surface area contributed by atoms with Gasteiger partial charge in [0.05, 0.1) is 24.3 Å². The van der Waals surface area contributed by atoms with Gasteiger partial charge in [-0.2, -0.15) is 23.4 Å². The highest BCUT2D eigenvalue weighted by atomic mass is 35.5. The molecule has 0 spiro atoms. The van der Waals surface area contributed by atoms with Crippen molar-refractivity contribution in [2.75, 3.05) is 48.4 Å². The van der Waals surface area contributed by atoms with Crippen molar-refractivity contribution in [3.63, 3.8) is 0 Å². The third kappa shape index (κ3) is 5.35. The fraction of sp³-hybridized carbons (Fsp3) is 0.231. The Balaban J connectivity index is 1.40. The highest BCUT2D eigenvalue weighted by molar-refractivity contribution is 6.31. The third-order valence-electron chi connectivity index (χ3n) is 6.16. The molecule has 1 N–H and O–H groups in total. The normalized spacial score (nSPS) is 13.9. The van der Waals surface area contributed by atoms with Crippen LogP contribution in [0, 0.1) is 11.3 Å². The lowest BCUT2D eigenvalue weighted by molar-refractivity contribution is -0.141. The Morgan fingerprint density at radius 3 is 2.47 bits per heavy atom. The highest BCUT2D eigenvalue weighted by Gasteiger charge is 2.34. The molecule has 12 heteroatoms. The number of alkyl halides is 3. The molecule has 2 aromatic carbocycles. The highest BCUT2D eigenvalue weighted by Crippen LogP contribution is 2.33. The summed E-state index contributed by atoms with van der Waals surface area (Å²) in [5, 5.41) is 13.6. The minimum atomic E-state index is -4.67. The molecule has 3 heterocycles. The number of methoxy groups -OCH3 is 1. The first-order valence-corrected chi connectivity index (χ1v) is 12.0. The van der Waals surface area contributed by atoms with Gasteiger partial charge in [0, 0.05) is 66.3 Å². The minimum Gasteiger partial charge on any atom is -0.497 e. The van der Waals surface area contributed by atoms with Crippen LogP contribution in [-0.4, -0.2) is 48.2 Å². The largest absolute Gasteiger partial charge is 0.497 e. The van der Waals surface area contributed by atoms with Crippen molar-refractivity contribution in [3.05, 3.63) is 71.0 Å². The van der Waals surface area contributed by atoms with Gasteiger partial charge < -0.3 is 19.9 Å². The fourth-order valence-corrected chi connectivity index (χ4v) is 4.50. The Kier molecular flexibility index (Phi) is 6.82. The van der Waals surface area contributed by atoms with Crippen LogP contribution in [0.3, 0.4) is 0 Å². The molecule has 2 aromatic heterocycles. The lowest BCUT2D eigenvalue weighted by Crippen LogP contribution is -2.47. The van der Waals surface area contributed by atoms with Crippen molar-refractivity contribution in [1.82, 2.24) is 15.0 Å². The van der Waals surface area contributed by atoms with E-state index in [4.69, 9.17) is 16.3 Å². The average molecular weight is 540 g/mol. The van der Waals surface area contributed by atoms with Gasteiger partial charge in [-0.1, -0.05) is 11.6 Å². The number of hydrogen-bond acceptors (Lipinski definition) is 8. The van der Waals surface area contributed by atoms with Crippen molar-refractivity contribution < 1.29 is 17.9 Å². The number of nitrogens with zero attached hydrogens (tertiary/aromatic N) is 6. The Morgan fingerprint density at radius 2 is 1.76 bits per heavy atom. The summed E-state index contributed by atoms with van der Waals surface area (Å²) in [5.41, 5.74) is 1.31. The van der Waals surface area contributed by atoms with Gasteiger partial charge in [-0.3, -0.25) is 4.98 Å². The summed E-state index contributed by atoms with van der Waals surface area (Å²) in [4.78, 5) is 16.4. The van der Waals surface area contributed by atoms with Gasteiger partial charge in [-0.25, -0.2) is 4.98 Å². The van der Waals surface area contributed by atoms with Crippen LogP contribution in [0.2, 0.25) is 5.02 Å². The molecular formula is C26H21ClF3N7O. The van der Waals surface area contributed by atoms with Gasteiger partial charge >= 0.3 is 6.18 Å². The van der Waals surface area contributed by atoms with E-state index in [-0.39, 0.29) is 17.3 Å². The van der Waals surface area contributed by atoms with Crippen molar-refractivity contribution >= 4 is 45.6 Å². The van der Waals surface area contributed by atoms with Crippen LogP contribution in [-0.2, 0) is 6.18 Å². The summed E-state index contributed by atoms with van der Waals surface area (Å²) in [5.74, 6) is 0.302. The van der Waals surface area contributed by atoms with Crippen LogP contribution in [0.15, 0.2) is 54.7 Å². The number of ether oxygens (including phenoxy) is 1. The fourth-order valence-electron chi connectivity index (χ4n) is 4.34. The molecule has 1 fully saturated rings. The number of rotatable bonds is 5. The second kappa shape index (κ2) is 10.2. The standard InChI is InChI=1S/C26H21ClF3N7O/c1-38-19-11-16(15-31)10-18(13-19)33-25-34-23(26(28,29)30)14-24(35-25)37-8-6-36(7-9-37)22-4-5-32-21-12-17(27)2-3-20(21)22/h2-5,10-14H,6-9H2,1H3,(H,33,34,35). The summed E-state index contributed by atoms with van der Waals surface area (Å²) in [6.07, 6.45) is -2.95. The van der Waals surface area contributed by atoms with Gasteiger partial charge in [-0.15, -0.1) is 0 Å². The van der Waals surface area contributed by atoms with Crippen LogP contribution in [0.5, 0.6) is 5.75 Å². The zero-order valence-corrected chi connectivity index (χ0v) is 20.9. The summed E-state index contributed by atoms with van der Waals surface area (Å²) in [7, 11) is 1.43. The van der Waals surface area contributed by atoms with Gasteiger partial charge in [0.15, 0.2) is 5.69 Å². The van der Waals surface area contributed by atoms with E-state index in [1.165, 1.54) is 19.2 Å². The lowest BCUT2D eigenvalue weighted by atomic mass is 10.1. The van der Waals surface area contributed by atoms with Crippen molar-refractivity contribution in [1.29, 1.82) is 5.26 Å². The van der Waals surface area contributed by atoms with Crippen LogP contribution in [0.25, 0.3) is 10.9 Å². The molecule has 4 aromatic rings. The molecule has 1 saturated heterocycles. The zero-order chi connectivity index (χ0) is 26.9. The number of hydrogen-bond donors (Lipinski definition) is 1. The number of piperazine rings is 1. The topological polar surface area (TPSA) is 90.2 Å². The van der Waals surface area contributed by atoms with Crippen LogP contribution >= 0.6 is 11.6 Å². The Morgan fingerprint density at radius 1 is 1.00 bits per heavy atom. The Labute approximate surface area is 221 Å². The van der Waals surface area contributed by atoms with Crippen molar-refractivity contribution in [2.24, 2.45) is 0 Å². The molecule has 0 bridgehead atoms. The first-order valence-electron chi connectivity index (χ1n) is 11.6. The van der Waals surface area contributed by atoms with E-state index >= 15 is 0 Å². The van der Waals surface area contributed by atoms with E-state index in [0.29, 0.717) is 42.6 Å². The number of aromatic nitrogens is 3. The molecule has 8 nitrogen and oxygen atoms in total. The summed E-state index contributed by atoms with van der Waals surface area (Å²) in [6.45, 7) is 2.03. The van der Waals surface area contributed by atoms with E-state index in [0.717, 1.165) is 22.7 Å². The van der Waals surface area contributed by atoms with E-state index in [9.17, 15) is 18.4 Å². The third-order valence-corrected chi connectivity index (χ3v) is 6.39. The molecule has 0 amide bonds. The zero-order valence-electron chi connectivity index (χ0n) is 20.1. The lowest BCUT2D eigenvalue weighted by Gasteiger charge is -2.37. The van der Waals surface area contributed by atoms with Crippen molar-refractivity contribution in [2.45, 2.75) is 6.18 Å². The van der Waals surface area contributed by atoms with Crippen LogP contribution < -0.4 is 19.9 Å². The summed E-state index contributed by atoms with van der Waals surface area (Å²) < 4.78 is 46.4.